The van der Waals surface area contributed by atoms with E-state index in [9.17, 15) is 0 Å². The third-order valence-corrected chi connectivity index (χ3v) is 10.9. The van der Waals surface area contributed by atoms with Crippen molar-refractivity contribution >= 4 is 21.7 Å². The number of hydrogen-bond donors (Lipinski definition) is 0. The average Bonchev–Trinajstić information content (AvgIpc) is 2.10. The Bertz CT molecular complexity index is 141. The van der Waals surface area contributed by atoms with Crippen molar-refractivity contribution in [3.05, 3.63) is 0 Å². The molecule has 0 aromatic rings. The van der Waals surface area contributed by atoms with E-state index in [0.29, 0.717) is 0 Å². The van der Waals surface area contributed by atoms with Gasteiger partial charge in [-0.15, -0.1) is 0 Å². The van der Waals surface area contributed by atoms with Gasteiger partial charge in [-0.3, -0.25) is 0 Å². The van der Waals surface area contributed by atoms with Gasteiger partial charge in [0.2, 0.25) is 0 Å². The molecule has 1 rings (SSSR count). The first-order chi connectivity index (χ1) is 6.27. The van der Waals surface area contributed by atoms with Crippen LogP contribution in [0.3, 0.4) is 0 Å². The zero-order valence-electron chi connectivity index (χ0n) is 9.42. The molecule has 0 amide bonds. The van der Waals surface area contributed by atoms with E-state index in [1.807, 2.05) is 0 Å². The van der Waals surface area contributed by atoms with Gasteiger partial charge < -0.3 is 0 Å². The molecule has 1 aliphatic rings. The van der Waals surface area contributed by atoms with Gasteiger partial charge in [0, 0.05) is 0 Å². The molecule has 1 fully saturated rings. The molecule has 76 valence electrons. The van der Waals surface area contributed by atoms with Gasteiger partial charge in [0.25, 0.3) is 0 Å². The van der Waals surface area contributed by atoms with Gasteiger partial charge in [-0.05, 0) is 0 Å². The maximum absolute atomic E-state index is 2.83. The Morgan fingerprint density at radius 2 is 1.77 bits per heavy atom. The van der Waals surface area contributed by atoms with E-state index < -0.39 is 21.7 Å². The summed E-state index contributed by atoms with van der Waals surface area (Å²) >= 11 is -1.23. The van der Waals surface area contributed by atoms with Crippen LogP contribution in [0, 0.1) is 0 Å². The number of nitrogens with zero attached hydrogens (tertiary/aromatic N) is 2. The Hall–Kier alpha value is 0.790. The van der Waals surface area contributed by atoms with E-state index in [1.54, 1.807) is 0 Å². The molecule has 3 heteroatoms. The SMILES string of the molecule is CCCN1CC[N](CCC)[In]([CH3])[CH2]1. The summed E-state index contributed by atoms with van der Waals surface area (Å²) in [5.41, 5.74) is 0. The fraction of sp³-hybridized carbons (Fsp3) is 1.00. The van der Waals surface area contributed by atoms with Crippen molar-refractivity contribution < 1.29 is 0 Å². The Kier molecular flexibility index (Phi) is 5.75. The summed E-state index contributed by atoms with van der Waals surface area (Å²) in [6, 6.07) is 0. The van der Waals surface area contributed by atoms with Crippen molar-refractivity contribution in [3.8, 4) is 0 Å². The zero-order valence-corrected chi connectivity index (χ0v) is 12.7. The zero-order chi connectivity index (χ0) is 9.68. The summed E-state index contributed by atoms with van der Waals surface area (Å²) in [7, 11) is 0. The predicted octanol–water partition coefficient (Wildman–Crippen LogP) is 1.58. The fourth-order valence-electron chi connectivity index (χ4n) is 2.21. The molecule has 2 nitrogen and oxygen atoms in total. The van der Waals surface area contributed by atoms with Crippen molar-refractivity contribution in [2.75, 3.05) is 30.5 Å². The third kappa shape index (κ3) is 3.80. The van der Waals surface area contributed by atoms with Crippen LogP contribution in [-0.4, -0.2) is 60.0 Å². The van der Waals surface area contributed by atoms with Gasteiger partial charge in [-0.2, -0.15) is 0 Å². The summed E-state index contributed by atoms with van der Waals surface area (Å²) in [4.78, 5) is 2.69. The Morgan fingerprint density at radius 3 is 2.31 bits per heavy atom. The molecule has 13 heavy (non-hydrogen) atoms. The van der Waals surface area contributed by atoms with Gasteiger partial charge in [0.05, 0.1) is 0 Å². The van der Waals surface area contributed by atoms with E-state index in [0.717, 1.165) is 0 Å². The van der Waals surface area contributed by atoms with Crippen LogP contribution in [0.4, 0.5) is 0 Å². The predicted molar refractivity (Wildman–Crippen MR) is 60.2 cm³/mol. The first kappa shape index (κ1) is 11.9. The van der Waals surface area contributed by atoms with E-state index in [1.165, 1.54) is 43.3 Å². The van der Waals surface area contributed by atoms with Gasteiger partial charge in [-0.25, -0.2) is 0 Å². The van der Waals surface area contributed by atoms with Crippen LogP contribution in [-0.2, 0) is 0 Å². The second kappa shape index (κ2) is 6.31. The summed E-state index contributed by atoms with van der Waals surface area (Å²) in [5.74, 6) is 0. The molecule has 1 heterocycles. The fourth-order valence-corrected chi connectivity index (χ4v) is 9.63. The normalized spacial score (nSPS) is 21.0. The van der Waals surface area contributed by atoms with E-state index in [4.69, 9.17) is 0 Å². The van der Waals surface area contributed by atoms with Gasteiger partial charge in [0.15, 0.2) is 0 Å². The van der Waals surface area contributed by atoms with Crippen LogP contribution in [0.25, 0.3) is 0 Å². The Morgan fingerprint density at radius 1 is 1.08 bits per heavy atom. The molecule has 0 spiro atoms. The first-order valence-corrected chi connectivity index (χ1v) is 12.8. The number of hydrogen-bond acceptors (Lipinski definition) is 2. The topological polar surface area (TPSA) is 6.48 Å². The molecular formula is C10H23InN2. The van der Waals surface area contributed by atoms with Crippen LogP contribution < -0.4 is 0 Å². The van der Waals surface area contributed by atoms with Crippen molar-refractivity contribution in [2.45, 2.75) is 31.4 Å². The van der Waals surface area contributed by atoms with Crippen molar-refractivity contribution in [1.82, 2.24) is 7.79 Å². The maximum atomic E-state index is 2.83. The summed E-state index contributed by atoms with van der Waals surface area (Å²) in [6.45, 7) is 9.99. The Balaban J connectivity index is 2.28. The first-order valence-electron chi connectivity index (χ1n) is 5.74. The third-order valence-electron chi connectivity index (χ3n) is 2.90. The molecule has 0 N–H and O–H groups in total. The minimum absolute atomic E-state index is 1.23. The second-order valence-corrected chi connectivity index (χ2v) is 12.2. The molecule has 0 aromatic carbocycles. The molecule has 0 unspecified atom stereocenters. The molecule has 0 radical (unpaired) electrons. The summed E-state index contributed by atoms with van der Waals surface area (Å²) in [6.07, 6.45) is 2.67. The van der Waals surface area contributed by atoms with Crippen LogP contribution in [0.2, 0.25) is 4.68 Å². The van der Waals surface area contributed by atoms with Crippen molar-refractivity contribution in [2.24, 2.45) is 0 Å². The standard InChI is InChI=1S/C9H20N2.CH3.In/c1-4-6-10-7-9-11(3)8-5-2;;/h3-9H2,1-2H3;1H3;/q-1;;+1. The van der Waals surface area contributed by atoms with Gasteiger partial charge >= 0.3 is 91.4 Å². The van der Waals surface area contributed by atoms with Crippen LogP contribution in [0.1, 0.15) is 26.7 Å². The molecular weight excluding hydrogens is 263 g/mol. The van der Waals surface area contributed by atoms with Crippen LogP contribution in [0.15, 0.2) is 0 Å². The monoisotopic (exact) mass is 286 g/mol. The minimum atomic E-state index is -1.23. The van der Waals surface area contributed by atoms with E-state index in [2.05, 4.69) is 26.3 Å². The van der Waals surface area contributed by atoms with Crippen molar-refractivity contribution in [3.63, 3.8) is 0 Å². The number of rotatable bonds is 4. The molecule has 0 atom stereocenters. The average molecular weight is 286 g/mol. The van der Waals surface area contributed by atoms with Crippen LogP contribution in [0.5, 0.6) is 0 Å². The van der Waals surface area contributed by atoms with Crippen molar-refractivity contribution in [1.29, 1.82) is 0 Å². The molecule has 1 aliphatic heterocycles. The second-order valence-electron chi connectivity index (χ2n) is 4.19. The quantitative estimate of drug-likeness (QED) is 0.774. The summed E-state index contributed by atoms with van der Waals surface area (Å²) in [5, 5.41) is 0. The Labute approximate surface area is 91.2 Å². The molecule has 0 bridgehead atoms. The van der Waals surface area contributed by atoms with E-state index in [-0.39, 0.29) is 0 Å². The van der Waals surface area contributed by atoms with Crippen LogP contribution >= 0.6 is 0 Å². The van der Waals surface area contributed by atoms with E-state index >= 15 is 0 Å². The summed E-state index contributed by atoms with van der Waals surface area (Å²) < 4.78 is 6.88. The molecule has 0 aromatic heterocycles. The molecule has 0 aliphatic carbocycles. The molecule has 1 saturated heterocycles. The molecule has 0 saturated carbocycles. The van der Waals surface area contributed by atoms with Gasteiger partial charge in [0.1, 0.15) is 0 Å². The van der Waals surface area contributed by atoms with Gasteiger partial charge in [-0.1, -0.05) is 0 Å².